The first-order chi connectivity index (χ1) is 8.35. The van der Waals surface area contributed by atoms with Crippen LogP contribution in [0.25, 0.3) is 0 Å². The van der Waals surface area contributed by atoms with E-state index in [4.69, 9.17) is 0 Å². The molecule has 0 saturated heterocycles. The molecule has 1 saturated carbocycles. The number of aliphatic carboxylic acids is 1. The minimum atomic E-state index is -1.29. The predicted octanol–water partition coefficient (Wildman–Crippen LogP) is 0.178. The zero-order valence-electron chi connectivity index (χ0n) is 11.1. The Hall–Kier alpha value is -1.59. The minimum Gasteiger partial charge on any atom is -0.480 e. The van der Waals surface area contributed by atoms with E-state index in [9.17, 15) is 19.5 Å². The van der Waals surface area contributed by atoms with E-state index in [-0.39, 0.29) is 12.5 Å². The molecule has 2 amide bonds. The number of carbonyl (C=O) groups is 3. The smallest absolute Gasteiger partial charge is 0.319 e. The van der Waals surface area contributed by atoms with E-state index in [1.807, 2.05) is 0 Å². The highest BCUT2D eigenvalue weighted by Crippen LogP contribution is 2.42. The molecular weight excluding hydrogens is 236 g/mol. The largest absolute Gasteiger partial charge is 0.480 e. The van der Waals surface area contributed by atoms with Crippen molar-refractivity contribution >= 4 is 17.8 Å². The van der Waals surface area contributed by atoms with Crippen molar-refractivity contribution in [3.05, 3.63) is 0 Å². The summed E-state index contributed by atoms with van der Waals surface area (Å²) in [5, 5.41) is 9.20. The quantitative estimate of drug-likeness (QED) is 0.712. The molecule has 0 spiro atoms. The Labute approximate surface area is 107 Å². The number of amides is 2. The van der Waals surface area contributed by atoms with E-state index < -0.39 is 17.3 Å². The molecular formula is C12H20N2O4. The van der Waals surface area contributed by atoms with Crippen LogP contribution in [0.1, 0.15) is 26.2 Å². The van der Waals surface area contributed by atoms with Crippen LogP contribution in [-0.2, 0) is 14.4 Å². The van der Waals surface area contributed by atoms with E-state index in [0.717, 1.165) is 6.42 Å². The zero-order valence-corrected chi connectivity index (χ0v) is 11.1. The molecule has 6 nitrogen and oxygen atoms in total. The fraction of sp³-hybridized carbons (Fsp3) is 0.750. The Balaban J connectivity index is 2.79. The third kappa shape index (κ3) is 2.47. The number of carboxylic acids is 1. The molecule has 1 N–H and O–H groups in total. The van der Waals surface area contributed by atoms with Gasteiger partial charge in [0.1, 0.15) is 5.41 Å². The van der Waals surface area contributed by atoms with Crippen molar-refractivity contribution in [2.75, 3.05) is 27.2 Å². The van der Waals surface area contributed by atoms with Crippen molar-refractivity contribution in [1.29, 1.82) is 0 Å². The molecule has 0 aromatic carbocycles. The van der Waals surface area contributed by atoms with Crippen LogP contribution in [-0.4, -0.2) is 59.9 Å². The highest BCUT2D eigenvalue weighted by molar-refractivity contribution is 6.03. The average molecular weight is 256 g/mol. The Morgan fingerprint density at radius 1 is 1.22 bits per heavy atom. The van der Waals surface area contributed by atoms with E-state index in [1.165, 1.54) is 9.80 Å². The van der Waals surface area contributed by atoms with Crippen molar-refractivity contribution in [3.8, 4) is 0 Å². The molecule has 18 heavy (non-hydrogen) atoms. The third-order valence-electron chi connectivity index (χ3n) is 3.52. The number of nitrogens with zero attached hydrogens (tertiary/aromatic N) is 2. The topological polar surface area (TPSA) is 77.9 Å². The van der Waals surface area contributed by atoms with Crippen molar-refractivity contribution in [2.45, 2.75) is 26.2 Å². The van der Waals surface area contributed by atoms with Gasteiger partial charge < -0.3 is 14.9 Å². The highest BCUT2D eigenvalue weighted by Gasteiger charge is 2.52. The van der Waals surface area contributed by atoms with Gasteiger partial charge in [0.25, 0.3) is 0 Å². The number of hydrogen-bond donors (Lipinski definition) is 1. The van der Waals surface area contributed by atoms with Crippen LogP contribution >= 0.6 is 0 Å². The summed E-state index contributed by atoms with van der Waals surface area (Å²) in [5.41, 5.74) is -1.29. The Kier molecular flexibility index (Phi) is 4.32. The van der Waals surface area contributed by atoms with Crippen molar-refractivity contribution in [3.63, 3.8) is 0 Å². The number of likely N-dealkylation sites (N-methyl/N-ethyl adjacent to an activating group) is 2. The van der Waals surface area contributed by atoms with Gasteiger partial charge in [-0.25, -0.2) is 0 Å². The Morgan fingerprint density at radius 2 is 1.78 bits per heavy atom. The fourth-order valence-electron chi connectivity index (χ4n) is 1.98. The maximum Gasteiger partial charge on any atom is 0.319 e. The van der Waals surface area contributed by atoms with Crippen LogP contribution in [0, 0.1) is 5.41 Å². The van der Waals surface area contributed by atoms with Gasteiger partial charge in [-0.3, -0.25) is 14.4 Å². The van der Waals surface area contributed by atoms with Gasteiger partial charge in [-0.05, 0) is 19.8 Å². The summed E-state index contributed by atoms with van der Waals surface area (Å²) < 4.78 is 0. The molecule has 0 aliphatic heterocycles. The molecule has 0 radical (unpaired) electrons. The highest BCUT2D eigenvalue weighted by atomic mass is 16.4. The second kappa shape index (κ2) is 5.37. The summed E-state index contributed by atoms with van der Waals surface area (Å²) in [5.74, 6) is -1.71. The normalized spacial score (nSPS) is 16.6. The van der Waals surface area contributed by atoms with E-state index in [2.05, 4.69) is 0 Å². The molecule has 0 aromatic rings. The van der Waals surface area contributed by atoms with Crippen molar-refractivity contribution in [1.82, 2.24) is 9.80 Å². The predicted molar refractivity (Wildman–Crippen MR) is 64.9 cm³/mol. The lowest BCUT2D eigenvalue weighted by molar-refractivity contribution is -0.168. The molecule has 1 aliphatic carbocycles. The van der Waals surface area contributed by atoms with Gasteiger partial charge in [0.2, 0.25) is 11.8 Å². The SMILES string of the molecule is CCN(CC(=O)N(C)C)C(=O)C1(C(=O)O)CCC1. The molecule has 0 aromatic heterocycles. The summed E-state index contributed by atoms with van der Waals surface area (Å²) in [7, 11) is 3.22. The first-order valence-electron chi connectivity index (χ1n) is 6.08. The second-order valence-corrected chi connectivity index (χ2v) is 4.85. The Bertz CT molecular complexity index is 361. The standard InChI is InChI=1S/C12H20N2O4/c1-4-14(8-9(15)13(2)3)10(16)12(11(17)18)6-5-7-12/h4-8H2,1-3H3,(H,17,18). The average Bonchev–Trinajstić information content (AvgIpc) is 2.22. The monoisotopic (exact) mass is 256 g/mol. The van der Waals surface area contributed by atoms with Gasteiger partial charge in [0, 0.05) is 20.6 Å². The van der Waals surface area contributed by atoms with E-state index in [0.29, 0.717) is 19.4 Å². The van der Waals surface area contributed by atoms with Gasteiger partial charge in [-0.1, -0.05) is 6.42 Å². The third-order valence-corrected chi connectivity index (χ3v) is 3.52. The first-order valence-corrected chi connectivity index (χ1v) is 6.08. The van der Waals surface area contributed by atoms with Crippen LogP contribution < -0.4 is 0 Å². The van der Waals surface area contributed by atoms with Crippen LogP contribution in [0.2, 0.25) is 0 Å². The number of rotatable bonds is 5. The summed E-state index contributed by atoms with van der Waals surface area (Å²) in [6.45, 7) is 2.03. The molecule has 0 atom stereocenters. The zero-order chi connectivity index (χ0) is 13.9. The summed E-state index contributed by atoms with van der Waals surface area (Å²) >= 11 is 0. The van der Waals surface area contributed by atoms with Gasteiger partial charge in [-0.15, -0.1) is 0 Å². The molecule has 0 heterocycles. The molecule has 1 fully saturated rings. The fourth-order valence-corrected chi connectivity index (χ4v) is 1.98. The number of carbonyl (C=O) groups excluding carboxylic acids is 2. The van der Waals surface area contributed by atoms with Gasteiger partial charge in [0.05, 0.1) is 6.54 Å². The maximum atomic E-state index is 12.3. The minimum absolute atomic E-state index is 0.0582. The number of carboxylic acid groups (broad SMARTS) is 1. The first kappa shape index (κ1) is 14.5. The molecule has 0 unspecified atom stereocenters. The van der Waals surface area contributed by atoms with Crippen molar-refractivity contribution < 1.29 is 19.5 Å². The van der Waals surface area contributed by atoms with Gasteiger partial charge >= 0.3 is 5.97 Å². The van der Waals surface area contributed by atoms with Crippen molar-refractivity contribution in [2.24, 2.45) is 5.41 Å². The van der Waals surface area contributed by atoms with Crippen LogP contribution in [0.15, 0.2) is 0 Å². The lowest BCUT2D eigenvalue weighted by Crippen LogP contribution is -2.54. The summed E-state index contributed by atoms with van der Waals surface area (Å²) in [6.07, 6.45) is 1.48. The van der Waals surface area contributed by atoms with E-state index in [1.54, 1.807) is 21.0 Å². The molecule has 0 bridgehead atoms. The summed E-state index contributed by atoms with van der Waals surface area (Å²) in [4.78, 5) is 37.8. The maximum absolute atomic E-state index is 12.3. The van der Waals surface area contributed by atoms with Gasteiger partial charge in [0.15, 0.2) is 0 Å². The van der Waals surface area contributed by atoms with Crippen LogP contribution in [0.3, 0.4) is 0 Å². The lowest BCUT2D eigenvalue weighted by Gasteiger charge is -2.39. The lowest BCUT2D eigenvalue weighted by atomic mass is 9.67. The molecule has 1 rings (SSSR count). The Morgan fingerprint density at radius 3 is 2.06 bits per heavy atom. The molecule has 1 aliphatic rings. The molecule has 102 valence electrons. The second-order valence-electron chi connectivity index (χ2n) is 4.85. The van der Waals surface area contributed by atoms with Crippen LogP contribution in [0.4, 0.5) is 0 Å². The van der Waals surface area contributed by atoms with E-state index >= 15 is 0 Å². The summed E-state index contributed by atoms with van der Waals surface area (Å²) in [6, 6.07) is 0. The number of hydrogen-bond acceptors (Lipinski definition) is 3. The van der Waals surface area contributed by atoms with Crippen LogP contribution in [0.5, 0.6) is 0 Å². The molecule has 6 heteroatoms. The van der Waals surface area contributed by atoms with Gasteiger partial charge in [-0.2, -0.15) is 0 Å².